The molecule has 1 unspecified atom stereocenters. The van der Waals surface area contributed by atoms with E-state index in [1.54, 1.807) is 0 Å². The summed E-state index contributed by atoms with van der Waals surface area (Å²) in [6.45, 7) is 4.55. The van der Waals surface area contributed by atoms with Gasteiger partial charge in [-0.2, -0.15) is 0 Å². The molecule has 4 nitrogen and oxygen atoms in total. The Morgan fingerprint density at radius 1 is 0.579 bits per heavy atom. The Hall–Kier alpha value is -1.32. The van der Waals surface area contributed by atoms with Gasteiger partial charge in [-0.05, 0) is 32.1 Å². The van der Waals surface area contributed by atoms with E-state index in [2.05, 4.69) is 19.1 Å². The molecule has 0 aromatic heterocycles. The molecular formula is C34H64O4. The Morgan fingerprint density at radius 2 is 0.974 bits per heavy atom. The van der Waals surface area contributed by atoms with Gasteiger partial charge in [-0.15, -0.1) is 0 Å². The molecular weight excluding hydrogens is 472 g/mol. The van der Waals surface area contributed by atoms with Gasteiger partial charge in [-0.3, -0.25) is 9.59 Å². The molecule has 0 amide bonds. The van der Waals surface area contributed by atoms with Crippen molar-refractivity contribution in [2.75, 3.05) is 6.61 Å². The van der Waals surface area contributed by atoms with Crippen molar-refractivity contribution in [1.29, 1.82) is 0 Å². The Labute approximate surface area is 236 Å². The van der Waals surface area contributed by atoms with E-state index in [1.165, 1.54) is 135 Å². The van der Waals surface area contributed by atoms with Crippen LogP contribution in [0.15, 0.2) is 12.2 Å². The number of hydrogen-bond acceptors (Lipinski definition) is 3. The van der Waals surface area contributed by atoms with Crippen molar-refractivity contribution < 1.29 is 19.4 Å². The molecule has 1 N–H and O–H groups in total. The molecule has 0 fully saturated rings. The minimum atomic E-state index is -0.874. The van der Waals surface area contributed by atoms with Crippen molar-refractivity contribution in [2.24, 2.45) is 5.92 Å². The third-order valence-electron chi connectivity index (χ3n) is 7.52. The smallest absolute Gasteiger partial charge is 0.307 e. The van der Waals surface area contributed by atoms with Gasteiger partial charge in [0.2, 0.25) is 0 Å². The highest BCUT2D eigenvalue weighted by molar-refractivity contribution is 5.78. The lowest BCUT2D eigenvalue weighted by Gasteiger charge is -2.11. The van der Waals surface area contributed by atoms with Crippen molar-refractivity contribution in [2.45, 2.75) is 181 Å². The quantitative estimate of drug-likeness (QED) is 0.0563. The molecule has 0 aliphatic carbocycles. The van der Waals surface area contributed by atoms with Crippen LogP contribution < -0.4 is 0 Å². The van der Waals surface area contributed by atoms with Crippen LogP contribution in [0, 0.1) is 5.92 Å². The van der Waals surface area contributed by atoms with E-state index in [-0.39, 0.29) is 12.4 Å². The molecule has 0 bridgehead atoms. The minimum Gasteiger partial charge on any atom is -0.481 e. The molecule has 0 aromatic carbocycles. The van der Waals surface area contributed by atoms with E-state index in [1.807, 2.05) is 6.92 Å². The normalized spacial score (nSPS) is 12.3. The van der Waals surface area contributed by atoms with Crippen molar-refractivity contribution in [3.63, 3.8) is 0 Å². The van der Waals surface area contributed by atoms with Crippen molar-refractivity contribution >= 4 is 11.9 Å². The first-order valence-corrected chi connectivity index (χ1v) is 16.6. The zero-order valence-electron chi connectivity index (χ0n) is 25.5. The maximum atomic E-state index is 11.7. The second-order valence-corrected chi connectivity index (χ2v) is 11.4. The van der Waals surface area contributed by atoms with Crippen LogP contribution in [0.1, 0.15) is 181 Å². The minimum absolute atomic E-state index is 0.00713. The summed E-state index contributed by atoms with van der Waals surface area (Å²) in [4.78, 5) is 23.0. The lowest BCUT2D eigenvalue weighted by Crippen LogP contribution is -2.19. The van der Waals surface area contributed by atoms with Gasteiger partial charge in [0.25, 0.3) is 0 Å². The molecule has 1 atom stereocenters. The Morgan fingerprint density at radius 3 is 1.37 bits per heavy atom. The van der Waals surface area contributed by atoms with Gasteiger partial charge in [0.05, 0.1) is 18.9 Å². The van der Waals surface area contributed by atoms with E-state index in [4.69, 9.17) is 4.74 Å². The molecule has 0 radical (unpaired) electrons. The van der Waals surface area contributed by atoms with Crippen LogP contribution in [-0.2, 0) is 14.3 Å². The van der Waals surface area contributed by atoms with E-state index in [0.717, 1.165) is 19.3 Å². The van der Waals surface area contributed by atoms with Gasteiger partial charge in [0.15, 0.2) is 0 Å². The van der Waals surface area contributed by atoms with Crippen LogP contribution in [-0.4, -0.2) is 23.7 Å². The first kappa shape index (κ1) is 36.7. The number of carbonyl (C=O) groups is 2. The number of allylic oxidation sites excluding steroid dienone is 2. The maximum Gasteiger partial charge on any atom is 0.307 e. The van der Waals surface area contributed by atoms with Crippen LogP contribution >= 0.6 is 0 Å². The zero-order valence-corrected chi connectivity index (χ0v) is 25.5. The summed E-state index contributed by atoms with van der Waals surface area (Å²) >= 11 is 0. The molecule has 0 aromatic rings. The Kier molecular flexibility index (Phi) is 29.2. The van der Waals surface area contributed by atoms with Crippen LogP contribution in [0.4, 0.5) is 0 Å². The summed E-state index contributed by atoms with van der Waals surface area (Å²) in [6, 6.07) is 0. The number of carbonyl (C=O) groups excluding carboxylic acids is 1. The third-order valence-corrected chi connectivity index (χ3v) is 7.52. The average Bonchev–Trinajstić information content (AvgIpc) is 2.91. The van der Waals surface area contributed by atoms with Crippen molar-refractivity contribution in [3.05, 3.63) is 12.2 Å². The summed E-state index contributed by atoms with van der Waals surface area (Å²) in [5, 5.41) is 9.33. The highest BCUT2D eigenvalue weighted by Gasteiger charge is 2.21. The molecule has 0 aliphatic rings. The van der Waals surface area contributed by atoms with E-state index < -0.39 is 11.9 Å². The Bertz CT molecular complexity index is 543. The van der Waals surface area contributed by atoms with Crippen molar-refractivity contribution in [3.8, 4) is 0 Å². The van der Waals surface area contributed by atoms with Gasteiger partial charge in [-0.25, -0.2) is 0 Å². The van der Waals surface area contributed by atoms with Crippen molar-refractivity contribution in [1.82, 2.24) is 0 Å². The van der Waals surface area contributed by atoms with E-state index in [0.29, 0.717) is 13.0 Å². The molecule has 0 saturated heterocycles. The molecule has 0 saturated carbocycles. The summed E-state index contributed by atoms with van der Waals surface area (Å²) in [5.41, 5.74) is 0. The standard InChI is InChI=1S/C34H64O4/c1-3-5-6-7-8-9-10-11-12-13-14-15-16-17-18-19-20-21-22-23-24-25-26-27-28-29-32(34(36)37)31-33(35)38-30-4-2/h6-7,32H,3-5,8-31H2,1-2H3,(H,36,37)/b7-6+. The van der Waals surface area contributed by atoms with Crippen LogP contribution in [0.5, 0.6) is 0 Å². The van der Waals surface area contributed by atoms with Gasteiger partial charge < -0.3 is 9.84 Å². The van der Waals surface area contributed by atoms with E-state index >= 15 is 0 Å². The predicted molar refractivity (Wildman–Crippen MR) is 163 cm³/mol. The average molecular weight is 537 g/mol. The SMILES string of the molecule is CCC/C=C/CCCCCCCCCCCCCCCCCCCCCCC(CC(=O)OCCC)C(=O)O. The topological polar surface area (TPSA) is 63.6 Å². The highest BCUT2D eigenvalue weighted by atomic mass is 16.5. The fraction of sp³-hybridized carbons (Fsp3) is 0.882. The molecule has 38 heavy (non-hydrogen) atoms. The third kappa shape index (κ3) is 27.7. The number of ether oxygens (including phenoxy) is 1. The number of rotatable bonds is 30. The van der Waals surface area contributed by atoms with Gasteiger partial charge in [0, 0.05) is 0 Å². The second-order valence-electron chi connectivity index (χ2n) is 11.4. The monoisotopic (exact) mass is 536 g/mol. The molecule has 0 rings (SSSR count). The Balaban J connectivity index is 3.30. The summed E-state index contributed by atoms with van der Waals surface area (Å²) in [7, 11) is 0. The number of carboxylic acid groups (broad SMARTS) is 1. The fourth-order valence-electron chi connectivity index (χ4n) is 5.03. The zero-order chi connectivity index (χ0) is 27.9. The van der Waals surface area contributed by atoms with Crippen LogP contribution in [0.25, 0.3) is 0 Å². The summed E-state index contributed by atoms with van der Waals surface area (Å²) < 4.78 is 5.03. The summed E-state index contributed by atoms with van der Waals surface area (Å²) in [5.74, 6) is -1.85. The van der Waals surface area contributed by atoms with Crippen LogP contribution in [0.3, 0.4) is 0 Å². The number of unbranched alkanes of at least 4 members (excludes halogenated alkanes) is 21. The van der Waals surface area contributed by atoms with Gasteiger partial charge in [-0.1, -0.05) is 154 Å². The van der Waals surface area contributed by atoms with Gasteiger partial charge in [0.1, 0.15) is 0 Å². The number of esters is 1. The molecule has 0 spiro atoms. The first-order valence-electron chi connectivity index (χ1n) is 16.6. The maximum absolute atomic E-state index is 11.7. The number of hydrogen-bond donors (Lipinski definition) is 1. The number of aliphatic carboxylic acids is 1. The molecule has 0 aliphatic heterocycles. The van der Waals surface area contributed by atoms with Crippen LogP contribution in [0.2, 0.25) is 0 Å². The largest absolute Gasteiger partial charge is 0.481 e. The summed E-state index contributed by atoms with van der Waals surface area (Å²) in [6.07, 6.45) is 36.6. The highest BCUT2D eigenvalue weighted by Crippen LogP contribution is 2.18. The molecule has 4 heteroatoms. The lowest BCUT2D eigenvalue weighted by atomic mass is 9.97. The van der Waals surface area contributed by atoms with E-state index in [9.17, 15) is 14.7 Å². The first-order chi connectivity index (χ1) is 18.6. The predicted octanol–water partition coefficient (Wildman–Crippen LogP) is 11.0. The molecule has 224 valence electrons. The number of carboxylic acids is 1. The van der Waals surface area contributed by atoms with Gasteiger partial charge >= 0.3 is 11.9 Å². The molecule has 0 heterocycles. The fourth-order valence-corrected chi connectivity index (χ4v) is 5.03. The lowest BCUT2D eigenvalue weighted by molar-refractivity contribution is -0.151. The second kappa shape index (κ2) is 30.2.